The van der Waals surface area contributed by atoms with Gasteiger partial charge in [0.1, 0.15) is 6.54 Å². The molecule has 0 spiro atoms. The molecular formula is C14H20N2O5. The number of furan rings is 1. The zero-order valence-electron chi connectivity index (χ0n) is 12.0. The van der Waals surface area contributed by atoms with E-state index in [-0.39, 0.29) is 30.5 Å². The third kappa shape index (κ3) is 6.11. The van der Waals surface area contributed by atoms with Gasteiger partial charge in [-0.2, -0.15) is 0 Å². The molecule has 0 atom stereocenters. The summed E-state index contributed by atoms with van der Waals surface area (Å²) in [5.74, 6) is -1.35. The first kappa shape index (κ1) is 16.7. The molecule has 0 radical (unpaired) electrons. The number of carbonyl (C=O) groups excluding carboxylic acids is 2. The predicted octanol–water partition coefficient (Wildman–Crippen LogP) is 1.11. The molecule has 0 unspecified atom stereocenters. The Kier molecular flexibility index (Phi) is 7.00. The molecule has 2 amide bonds. The van der Waals surface area contributed by atoms with Gasteiger partial charge in [-0.1, -0.05) is 6.92 Å². The van der Waals surface area contributed by atoms with Crippen LogP contribution in [-0.2, 0) is 9.59 Å². The highest BCUT2D eigenvalue weighted by molar-refractivity contribution is 5.91. The molecule has 0 aliphatic heterocycles. The topological polar surface area (TPSA) is 99.9 Å². The van der Waals surface area contributed by atoms with E-state index in [0.717, 1.165) is 0 Å². The van der Waals surface area contributed by atoms with Crippen LogP contribution in [0.4, 0.5) is 0 Å². The van der Waals surface area contributed by atoms with Gasteiger partial charge in [-0.15, -0.1) is 0 Å². The molecule has 116 valence electrons. The van der Waals surface area contributed by atoms with Gasteiger partial charge < -0.3 is 19.7 Å². The van der Waals surface area contributed by atoms with Gasteiger partial charge in [0.05, 0.1) is 6.26 Å². The molecular weight excluding hydrogens is 276 g/mol. The number of nitrogens with zero attached hydrogens (tertiary/aromatic N) is 1. The van der Waals surface area contributed by atoms with Crippen molar-refractivity contribution < 1.29 is 23.9 Å². The second kappa shape index (κ2) is 8.78. The van der Waals surface area contributed by atoms with Crippen molar-refractivity contribution >= 4 is 17.8 Å². The monoisotopic (exact) mass is 296 g/mol. The van der Waals surface area contributed by atoms with E-state index in [1.54, 1.807) is 12.1 Å². The van der Waals surface area contributed by atoms with Gasteiger partial charge in [0.15, 0.2) is 5.76 Å². The van der Waals surface area contributed by atoms with Gasteiger partial charge in [-0.25, -0.2) is 0 Å². The molecule has 2 N–H and O–H groups in total. The number of rotatable bonds is 9. The van der Waals surface area contributed by atoms with E-state index in [9.17, 15) is 14.4 Å². The lowest BCUT2D eigenvalue weighted by molar-refractivity contribution is -0.144. The van der Waals surface area contributed by atoms with Crippen molar-refractivity contribution in [3.8, 4) is 0 Å². The fraction of sp³-hybridized carbons (Fsp3) is 0.500. The largest absolute Gasteiger partial charge is 0.480 e. The van der Waals surface area contributed by atoms with E-state index in [2.05, 4.69) is 5.32 Å². The van der Waals surface area contributed by atoms with E-state index in [0.29, 0.717) is 25.9 Å². The Morgan fingerprint density at radius 3 is 2.71 bits per heavy atom. The molecule has 7 heteroatoms. The van der Waals surface area contributed by atoms with Crippen LogP contribution in [-0.4, -0.2) is 47.4 Å². The van der Waals surface area contributed by atoms with Gasteiger partial charge in [0, 0.05) is 19.5 Å². The van der Waals surface area contributed by atoms with E-state index >= 15 is 0 Å². The Bertz CT molecular complexity index is 470. The second-order valence-electron chi connectivity index (χ2n) is 4.55. The van der Waals surface area contributed by atoms with Crippen LogP contribution >= 0.6 is 0 Å². The number of carboxylic acid groups (broad SMARTS) is 1. The van der Waals surface area contributed by atoms with Gasteiger partial charge in [0.25, 0.3) is 5.91 Å². The molecule has 1 rings (SSSR count). The minimum atomic E-state index is -1.03. The maximum Gasteiger partial charge on any atom is 0.323 e. The lowest BCUT2D eigenvalue weighted by atomic mass is 10.2. The number of hydrogen-bond donors (Lipinski definition) is 2. The summed E-state index contributed by atoms with van der Waals surface area (Å²) >= 11 is 0. The third-order valence-electron chi connectivity index (χ3n) is 2.77. The number of hydrogen-bond acceptors (Lipinski definition) is 4. The van der Waals surface area contributed by atoms with Crippen molar-refractivity contribution in [3.63, 3.8) is 0 Å². The van der Waals surface area contributed by atoms with Gasteiger partial charge in [-0.3, -0.25) is 14.4 Å². The van der Waals surface area contributed by atoms with E-state index in [4.69, 9.17) is 9.52 Å². The van der Waals surface area contributed by atoms with E-state index in [1.807, 2.05) is 6.92 Å². The molecule has 0 aliphatic carbocycles. The average molecular weight is 296 g/mol. The molecule has 0 bridgehead atoms. The van der Waals surface area contributed by atoms with Crippen molar-refractivity contribution in [2.45, 2.75) is 26.2 Å². The zero-order chi connectivity index (χ0) is 15.7. The number of nitrogens with one attached hydrogen (secondary N) is 1. The van der Waals surface area contributed by atoms with Crippen molar-refractivity contribution in [1.82, 2.24) is 10.2 Å². The fourth-order valence-electron chi connectivity index (χ4n) is 1.82. The molecule has 1 aromatic rings. The highest BCUT2D eigenvalue weighted by atomic mass is 16.4. The maximum absolute atomic E-state index is 11.9. The lowest BCUT2D eigenvalue weighted by Gasteiger charge is -2.19. The number of carbonyl (C=O) groups is 3. The molecule has 0 fully saturated rings. The van der Waals surface area contributed by atoms with Crippen molar-refractivity contribution in [2.75, 3.05) is 19.6 Å². The Morgan fingerprint density at radius 1 is 1.38 bits per heavy atom. The van der Waals surface area contributed by atoms with Crippen LogP contribution in [0.3, 0.4) is 0 Å². The van der Waals surface area contributed by atoms with Crippen LogP contribution in [0.15, 0.2) is 22.8 Å². The van der Waals surface area contributed by atoms with Crippen LogP contribution in [0.25, 0.3) is 0 Å². The standard InChI is InChI=1S/C14H20N2O5/c1-2-8-16(10-13(18)19)12(17)6-3-7-15-14(20)11-5-4-9-21-11/h4-5,9H,2-3,6-8,10H2,1H3,(H,15,20)(H,18,19). The highest BCUT2D eigenvalue weighted by Crippen LogP contribution is 2.01. The number of carboxylic acids is 1. The van der Waals surface area contributed by atoms with Gasteiger partial charge >= 0.3 is 5.97 Å². The Labute approximate surface area is 122 Å². The highest BCUT2D eigenvalue weighted by Gasteiger charge is 2.15. The fourth-order valence-corrected chi connectivity index (χ4v) is 1.82. The van der Waals surface area contributed by atoms with Crippen LogP contribution in [0, 0.1) is 0 Å². The van der Waals surface area contributed by atoms with E-state index < -0.39 is 5.97 Å². The van der Waals surface area contributed by atoms with Crippen LogP contribution in [0.5, 0.6) is 0 Å². The summed E-state index contributed by atoms with van der Waals surface area (Å²) in [5.41, 5.74) is 0. The summed E-state index contributed by atoms with van der Waals surface area (Å²) in [5, 5.41) is 11.4. The molecule has 0 aliphatic rings. The van der Waals surface area contributed by atoms with Crippen molar-refractivity contribution in [2.24, 2.45) is 0 Å². The maximum atomic E-state index is 11.9. The van der Waals surface area contributed by atoms with Crippen LogP contribution in [0.2, 0.25) is 0 Å². The van der Waals surface area contributed by atoms with Crippen molar-refractivity contribution in [1.29, 1.82) is 0 Å². The summed E-state index contributed by atoms with van der Waals surface area (Å²) in [4.78, 5) is 35.4. The third-order valence-corrected chi connectivity index (χ3v) is 2.77. The van der Waals surface area contributed by atoms with Gasteiger partial charge in [-0.05, 0) is 25.0 Å². The van der Waals surface area contributed by atoms with Crippen LogP contribution < -0.4 is 5.32 Å². The Morgan fingerprint density at radius 2 is 2.14 bits per heavy atom. The molecule has 21 heavy (non-hydrogen) atoms. The summed E-state index contributed by atoms with van der Waals surface area (Å²) in [7, 11) is 0. The molecule has 1 heterocycles. The minimum absolute atomic E-state index is 0.200. The summed E-state index contributed by atoms with van der Waals surface area (Å²) in [6.45, 7) is 2.35. The smallest absolute Gasteiger partial charge is 0.323 e. The predicted molar refractivity (Wildman–Crippen MR) is 74.8 cm³/mol. The molecule has 0 saturated heterocycles. The normalized spacial score (nSPS) is 10.1. The minimum Gasteiger partial charge on any atom is -0.480 e. The molecule has 7 nitrogen and oxygen atoms in total. The summed E-state index contributed by atoms with van der Waals surface area (Å²) in [6.07, 6.45) is 2.76. The quantitative estimate of drug-likeness (QED) is 0.665. The summed E-state index contributed by atoms with van der Waals surface area (Å²) in [6, 6.07) is 3.17. The SMILES string of the molecule is CCCN(CC(=O)O)C(=O)CCCNC(=O)c1ccco1. The van der Waals surface area contributed by atoms with Crippen molar-refractivity contribution in [3.05, 3.63) is 24.2 Å². The lowest BCUT2D eigenvalue weighted by Crippen LogP contribution is -2.36. The number of amides is 2. The second-order valence-corrected chi connectivity index (χ2v) is 4.55. The molecule has 0 saturated carbocycles. The summed E-state index contributed by atoms with van der Waals surface area (Å²) < 4.78 is 4.93. The van der Waals surface area contributed by atoms with E-state index in [1.165, 1.54) is 11.2 Å². The van der Waals surface area contributed by atoms with Crippen LogP contribution in [0.1, 0.15) is 36.7 Å². The zero-order valence-corrected chi connectivity index (χ0v) is 12.0. The molecule has 1 aromatic heterocycles. The first-order chi connectivity index (χ1) is 10.0. The Hall–Kier alpha value is -2.31. The first-order valence-electron chi connectivity index (χ1n) is 6.85. The number of aliphatic carboxylic acids is 1. The first-order valence-corrected chi connectivity index (χ1v) is 6.85. The average Bonchev–Trinajstić information content (AvgIpc) is 2.96. The van der Waals surface area contributed by atoms with Gasteiger partial charge in [0.2, 0.25) is 5.91 Å². The molecule has 0 aromatic carbocycles. The Balaban J connectivity index is 2.28.